The Morgan fingerprint density at radius 1 is 1.09 bits per heavy atom. The molecular formula is C25H20ClN8Na2O7S2+. The van der Waals surface area contributed by atoms with Gasteiger partial charge in [-0.15, -0.1) is 5.11 Å². The predicted molar refractivity (Wildman–Crippen MR) is 150 cm³/mol. The van der Waals surface area contributed by atoms with Crippen LogP contribution in [0.3, 0.4) is 0 Å². The van der Waals surface area contributed by atoms with Crippen molar-refractivity contribution in [1.82, 2.24) is 15.0 Å². The van der Waals surface area contributed by atoms with Gasteiger partial charge in [-0.1, -0.05) is 6.58 Å². The van der Waals surface area contributed by atoms with Crippen LogP contribution in [0.2, 0.25) is 5.28 Å². The molecule has 0 spiro atoms. The fourth-order valence-electron chi connectivity index (χ4n) is 3.60. The van der Waals surface area contributed by atoms with Crippen LogP contribution in [-0.4, -0.2) is 29.3 Å². The number of carbonyl (C=O) groups is 1. The van der Waals surface area contributed by atoms with Gasteiger partial charge in [0, 0.05) is 16.7 Å². The van der Waals surface area contributed by atoms with Crippen molar-refractivity contribution in [2.45, 2.75) is 23.6 Å². The fraction of sp³-hybridized carbons (Fsp3) is 0.0800. The Hall–Kier alpha value is -2.52. The standard InChI is InChI=1S/C25H21ClN8O7S2.2Na/c1-4-43(38,39)21-10-13(2)17(9-14(21)3)32-33-19-12-20(42-41-40-37)16(27)11-18(19)28-24-29-23(26)30-25(31-24)34-7-5-15(6-8-34)22(35)36;;/h4-12H,1H2,2-3H3,(H4-,27,28,29,30,31,32,35,36,37);;/q;2*+1/p-1. The zero-order chi connectivity index (χ0) is 31.3. The van der Waals surface area contributed by atoms with Gasteiger partial charge < -0.3 is 26.2 Å². The van der Waals surface area contributed by atoms with E-state index < -0.39 is 15.8 Å². The number of pyridine rings is 1. The van der Waals surface area contributed by atoms with E-state index >= 15 is 0 Å². The molecule has 20 heteroatoms. The number of carbonyl (C=O) groups excluding carboxylic acids is 1. The molecule has 4 rings (SSSR count). The van der Waals surface area contributed by atoms with Gasteiger partial charge in [-0.3, -0.25) is 5.04 Å². The summed E-state index contributed by atoms with van der Waals surface area (Å²) < 4.78 is 30.5. The monoisotopic (exact) mass is 689 g/mol. The molecule has 0 aliphatic heterocycles. The van der Waals surface area contributed by atoms with Gasteiger partial charge in [0.05, 0.1) is 51.6 Å². The average molecular weight is 690 g/mol. The van der Waals surface area contributed by atoms with Crippen LogP contribution in [0.1, 0.15) is 21.5 Å². The minimum absolute atomic E-state index is 0. The number of carboxylic acids is 1. The van der Waals surface area contributed by atoms with Crippen LogP contribution in [0.25, 0.3) is 5.95 Å². The Morgan fingerprint density at radius 2 is 1.76 bits per heavy atom. The second kappa shape index (κ2) is 16.9. The molecule has 0 radical (unpaired) electrons. The van der Waals surface area contributed by atoms with Gasteiger partial charge in [0.25, 0.3) is 0 Å². The number of nitrogens with one attached hydrogen (secondary N) is 1. The summed E-state index contributed by atoms with van der Waals surface area (Å²) in [7, 11) is -3.68. The molecule has 2 aromatic carbocycles. The van der Waals surface area contributed by atoms with Gasteiger partial charge in [0.1, 0.15) is 5.69 Å². The quantitative estimate of drug-likeness (QED) is 0.0300. The molecule has 0 saturated carbocycles. The molecule has 2 heterocycles. The first-order valence-electron chi connectivity index (χ1n) is 11.8. The summed E-state index contributed by atoms with van der Waals surface area (Å²) in [6.45, 7) is 6.65. The number of nitrogens with two attached hydrogens (primary N) is 1. The number of aromatic carboxylic acids is 1. The van der Waals surface area contributed by atoms with E-state index in [1.54, 1.807) is 19.9 Å². The molecule has 0 saturated heterocycles. The summed E-state index contributed by atoms with van der Waals surface area (Å²) >= 11 is 6.67. The van der Waals surface area contributed by atoms with E-state index in [-0.39, 0.29) is 109 Å². The molecule has 3 N–H and O–H groups in total. The van der Waals surface area contributed by atoms with E-state index in [1.807, 2.05) is 0 Å². The summed E-state index contributed by atoms with van der Waals surface area (Å²) in [5, 5.41) is 37.1. The summed E-state index contributed by atoms with van der Waals surface area (Å²) in [4.78, 5) is 23.9. The normalized spacial score (nSPS) is 11.0. The largest absolute Gasteiger partial charge is 1.00 e. The number of benzene rings is 2. The molecule has 2 aromatic heterocycles. The molecule has 0 aliphatic carbocycles. The van der Waals surface area contributed by atoms with Gasteiger partial charge in [0.2, 0.25) is 0 Å². The molecule has 0 unspecified atom stereocenters. The van der Waals surface area contributed by atoms with Gasteiger partial charge in [-0.2, -0.15) is 14.4 Å². The van der Waals surface area contributed by atoms with Crippen molar-refractivity contribution in [3.63, 3.8) is 0 Å². The number of sulfone groups is 1. The summed E-state index contributed by atoms with van der Waals surface area (Å²) in [5.74, 6) is -1.33. The van der Waals surface area contributed by atoms with E-state index in [0.717, 1.165) is 5.41 Å². The molecule has 0 aliphatic rings. The number of nitrogens with zero attached hydrogens (tertiary/aromatic N) is 6. The number of hydrogen-bond donors (Lipinski definition) is 2. The minimum atomic E-state index is -3.68. The number of nitrogen functional groups attached to an aromatic ring is 1. The second-order valence-electron chi connectivity index (χ2n) is 8.58. The first kappa shape index (κ1) is 38.7. The van der Waals surface area contributed by atoms with Crippen LogP contribution in [-0.2, 0) is 19.2 Å². The van der Waals surface area contributed by atoms with Crippen LogP contribution in [0.4, 0.5) is 28.7 Å². The number of aromatic nitrogens is 4. The van der Waals surface area contributed by atoms with Crippen molar-refractivity contribution < 1.29 is 96.6 Å². The van der Waals surface area contributed by atoms with Crippen molar-refractivity contribution in [3.8, 4) is 5.95 Å². The molecule has 0 atom stereocenters. The van der Waals surface area contributed by atoms with Crippen LogP contribution < -0.4 is 85.1 Å². The molecule has 222 valence electrons. The van der Waals surface area contributed by atoms with Crippen LogP contribution >= 0.6 is 23.6 Å². The van der Waals surface area contributed by atoms with Crippen LogP contribution in [0.5, 0.6) is 0 Å². The van der Waals surface area contributed by atoms with Crippen molar-refractivity contribution in [2.75, 3.05) is 11.1 Å². The Bertz CT molecular complexity index is 1870. The van der Waals surface area contributed by atoms with E-state index in [4.69, 9.17) is 17.3 Å². The van der Waals surface area contributed by atoms with Crippen LogP contribution in [0, 0.1) is 13.8 Å². The molecule has 0 fully saturated rings. The maximum absolute atomic E-state index is 12.3. The minimum Gasteiger partial charge on any atom is -0.691 e. The Labute approximate surface area is 310 Å². The Kier molecular flexibility index (Phi) is 14.5. The Morgan fingerprint density at radius 3 is 2.38 bits per heavy atom. The number of halogens is 1. The van der Waals surface area contributed by atoms with Crippen molar-refractivity contribution in [1.29, 1.82) is 0 Å². The smallest absolute Gasteiger partial charge is 0.691 e. The molecular weight excluding hydrogens is 670 g/mol. The molecule has 45 heavy (non-hydrogen) atoms. The van der Waals surface area contributed by atoms with Gasteiger partial charge in [-0.25, -0.2) is 13.0 Å². The molecule has 4 aromatic rings. The Balaban J connectivity index is 0.00000353. The molecule has 0 bridgehead atoms. The topological polar surface area (TPSA) is 221 Å². The first-order chi connectivity index (χ1) is 20.4. The van der Waals surface area contributed by atoms with Gasteiger partial charge in [0.15, 0.2) is 9.84 Å². The summed E-state index contributed by atoms with van der Waals surface area (Å²) in [6, 6.07) is 8.52. The van der Waals surface area contributed by atoms with Gasteiger partial charge in [-0.05, 0) is 82.9 Å². The number of hydrogen-bond acceptors (Lipinski definition) is 15. The maximum Gasteiger partial charge on any atom is 1.00 e. The zero-order valence-corrected chi connectivity index (χ0v) is 30.6. The fourth-order valence-corrected chi connectivity index (χ4v) is 5.20. The van der Waals surface area contributed by atoms with Crippen molar-refractivity contribution >= 4 is 68.1 Å². The van der Waals surface area contributed by atoms with Crippen molar-refractivity contribution in [2.24, 2.45) is 10.2 Å². The van der Waals surface area contributed by atoms with E-state index in [1.165, 1.54) is 47.3 Å². The summed E-state index contributed by atoms with van der Waals surface area (Å²) in [6.07, 6.45) is 2.80. The number of azo groups is 1. The first-order valence-corrected chi connectivity index (χ1v) is 14.5. The van der Waals surface area contributed by atoms with Crippen LogP contribution in [0.15, 0.2) is 80.8 Å². The number of rotatable bonds is 11. The predicted octanol–water partition coefficient (Wildman–Crippen LogP) is -3.32. The molecule has 15 nitrogen and oxygen atoms in total. The molecule has 0 amide bonds. The van der Waals surface area contributed by atoms with E-state index in [2.05, 4.69) is 46.4 Å². The summed E-state index contributed by atoms with van der Waals surface area (Å²) in [5.41, 5.74) is 7.98. The SMILES string of the molecule is C=CS(=O)(=O)c1cc(C)c(N=Nc2cc(SOO[O-])c(N)cc2Nc2nc(Cl)nc(-[n+]3ccc(C(=O)[O-])cc3)n2)cc1C.[Na+].[Na+]. The second-order valence-corrected chi connectivity index (χ2v) is 11.5. The third kappa shape index (κ3) is 9.74. The number of anilines is 3. The third-order valence-corrected chi connectivity index (χ3v) is 8.02. The van der Waals surface area contributed by atoms with E-state index in [9.17, 15) is 23.6 Å². The third-order valence-electron chi connectivity index (χ3n) is 5.70. The average Bonchev–Trinajstić information content (AvgIpc) is 2.97. The zero-order valence-electron chi connectivity index (χ0n) is 24.2. The maximum atomic E-state index is 12.3. The van der Waals surface area contributed by atoms with Gasteiger partial charge >= 0.3 is 76.3 Å². The van der Waals surface area contributed by atoms with Crippen molar-refractivity contribution in [3.05, 3.63) is 82.8 Å². The number of aryl methyl sites for hydroxylation is 2. The van der Waals surface area contributed by atoms with E-state index in [0.29, 0.717) is 28.9 Å². The number of carboxylic acid groups (broad SMARTS) is 1.